The van der Waals surface area contributed by atoms with Gasteiger partial charge in [0.25, 0.3) is 0 Å². The lowest BCUT2D eigenvalue weighted by Gasteiger charge is -2.50. The molecule has 6 aliphatic rings. The van der Waals surface area contributed by atoms with Crippen molar-refractivity contribution < 1.29 is 85.8 Å². The van der Waals surface area contributed by atoms with Crippen molar-refractivity contribution in [3.63, 3.8) is 0 Å². The fourth-order valence-electron chi connectivity index (χ4n) is 18.7. The van der Waals surface area contributed by atoms with Gasteiger partial charge in [0, 0.05) is 79.6 Å². The van der Waals surface area contributed by atoms with Gasteiger partial charge >= 0.3 is 0 Å². The summed E-state index contributed by atoms with van der Waals surface area (Å²) >= 11 is 4.17. The molecule has 5 aliphatic carbocycles. The zero-order valence-electron chi connectivity index (χ0n) is 76.2. The van der Waals surface area contributed by atoms with Crippen molar-refractivity contribution in [1.29, 1.82) is 0 Å². The molecule has 2 saturated carbocycles. The van der Waals surface area contributed by atoms with E-state index in [1.54, 1.807) is 23.8 Å². The highest BCUT2D eigenvalue weighted by atomic mass is 32.1. The Kier molecular flexibility index (Phi) is 42.7. The Labute approximate surface area is 766 Å². The van der Waals surface area contributed by atoms with Gasteiger partial charge in [-0.2, -0.15) is 12.6 Å². The van der Waals surface area contributed by atoms with Crippen molar-refractivity contribution in [3.8, 4) is 11.8 Å². The molecular weight excluding hydrogens is 1670 g/mol. The normalized spacial score (nSPS) is 20.8. The summed E-state index contributed by atoms with van der Waals surface area (Å²) in [7, 11) is 0. The molecular formula is C97H141N13O18S. The number of anilines is 3. The van der Waals surface area contributed by atoms with Crippen LogP contribution in [-0.4, -0.2) is 234 Å². The van der Waals surface area contributed by atoms with Gasteiger partial charge in [-0.3, -0.25) is 48.5 Å². The third-order valence-electron chi connectivity index (χ3n) is 25.7. The Morgan fingerprint density at radius 2 is 1.21 bits per heavy atom. The summed E-state index contributed by atoms with van der Waals surface area (Å²) in [6.07, 6.45) is 12.4. The summed E-state index contributed by atoms with van der Waals surface area (Å²) in [5.41, 5.74) is 22.4. The molecule has 4 aromatic rings. The van der Waals surface area contributed by atoms with E-state index in [2.05, 4.69) is 86.1 Å². The van der Waals surface area contributed by atoms with Gasteiger partial charge in [-0.25, -0.2) is 5.84 Å². The number of thiol groups is 1. The number of nitrogens with two attached hydrogens (primary N) is 3. The number of hydrogen-bond acceptors (Lipinski definition) is 24. The SMILES string of the molecule is CC(C)C(NC(=O)[C@@H](CCCCNC(=O)COC1CCCCC/C(N(N)CCOCCOCCOCCOCCNCCS)=C\1N)NC(=O)CCOCCOCCOCCOCCNC(=O)CCC(=O)N1Cc2ccccc2C#Cc2ccccc21)C(=O)NCC(=O)Nc1ccc2c(c1)[C@@]1(C)CCCC(C(=O)NC(=O)[C@@]3(C)CCCC4c5cc(N)ccc5CC[C@H]43)C1CC2. The Bertz CT molecular complexity index is 4410. The fraction of sp³-hybridized carbons (Fsp3) is 0.619. The maximum Gasteiger partial charge on any atom is 0.246 e. The molecule has 32 heteroatoms. The second kappa shape index (κ2) is 54.0. The number of unbranched alkanes of at least 4 members (excludes halogenated alkanes) is 1. The Morgan fingerprint density at radius 3 is 1.94 bits per heavy atom. The van der Waals surface area contributed by atoms with Gasteiger partial charge in [0.1, 0.15) is 18.7 Å². The number of para-hydroxylation sites is 1. The van der Waals surface area contributed by atoms with Crippen LogP contribution >= 0.6 is 12.6 Å². The largest absolute Gasteiger partial charge is 0.399 e. The lowest BCUT2D eigenvalue weighted by Crippen LogP contribution is -2.56. The molecule has 0 aromatic heterocycles. The Morgan fingerprint density at radius 1 is 0.566 bits per heavy atom. The standard InChI is InChI=1S/C97H141N13O18S/c1-67(2)91(94(118)104-64-87(113)105-74-32-28-70-30-34-79-76(20-15-38-96(79,3)80(70)63-74)92(116)108-95(119)97(4)39-14-19-75-77-62-73(98)31-27-69(77)29-33-78(75)97)107-93(117)81(21-12-13-40-102-88(114)66-128-84-24-7-5-6-23-83(90(84)99)110(100)44-48-123-52-56-127-60-59-125-54-50-121-46-41-101-43-61-129)106-86(112)37-45-120-49-53-124-57-58-126-55-51-122-47-42-103-85(111)35-36-89(115)109-65-72-18-9-8-16-68(72)25-26-71-17-10-11-22-82(71)109/h8-11,16-18,22,27-28,31-32,62-63,67,75-76,78-79,81,84,91,101,129H,5-7,12-15,19-21,23-24,29-30,33-61,64-66,98-100H2,1-4H3,(H,102,114)(H,103,111)(H,104,118)(H,105,113)(H,106,112)(H,107,117)(H,108,116,119)/b90-83-/t75?,76?,78-,79?,81-,84?,91?,96+,97+/m1/s1. The van der Waals surface area contributed by atoms with Crippen molar-refractivity contribution >= 4 is 82.9 Å². The molecule has 4 aromatic carbocycles. The van der Waals surface area contributed by atoms with Gasteiger partial charge in [0.05, 0.1) is 154 Å². The molecule has 708 valence electrons. The number of carbonyl (C=O) groups is 9. The van der Waals surface area contributed by atoms with Crippen LogP contribution in [0.3, 0.4) is 0 Å². The molecule has 9 amide bonds. The van der Waals surface area contributed by atoms with E-state index >= 15 is 0 Å². The smallest absolute Gasteiger partial charge is 0.246 e. The maximum atomic E-state index is 14.6. The number of nitrogens with one attached hydrogen (secondary N) is 8. The van der Waals surface area contributed by atoms with Gasteiger partial charge in [0.2, 0.25) is 53.2 Å². The number of imide groups is 1. The van der Waals surface area contributed by atoms with E-state index in [0.29, 0.717) is 122 Å². The second-order valence-electron chi connectivity index (χ2n) is 35.1. The minimum atomic E-state index is -1.12. The summed E-state index contributed by atoms with van der Waals surface area (Å²) < 4.78 is 51.4. The van der Waals surface area contributed by atoms with Gasteiger partial charge in [-0.05, 0) is 189 Å². The highest BCUT2D eigenvalue weighted by Crippen LogP contribution is 2.56. The summed E-state index contributed by atoms with van der Waals surface area (Å²) in [5, 5.41) is 24.9. The number of allylic oxidation sites excluding steroid dienone is 1. The number of fused-ring (bicyclic) bond motifs is 8. The van der Waals surface area contributed by atoms with Crippen molar-refractivity contribution in [2.75, 3.05) is 173 Å². The first-order valence-electron chi connectivity index (χ1n) is 46.7. The average Bonchev–Trinajstić information content (AvgIpc) is 0.735. The summed E-state index contributed by atoms with van der Waals surface area (Å²) in [4.78, 5) is 127. The van der Waals surface area contributed by atoms with E-state index in [1.807, 2.05) is 79.7 Å². The lowest BCUT2D eigenvalue weighted by molar-refractivity contribution is -0.144. The number of amides is 9. The number of carbonyl (C=O) groups excluding carboxylic acids is 9. The van der Waals surface area contributed by atoms with E-state index in [0.717, 1.165) is 135 Å². The molecule has 14 N–H and O–H groups in total. The number of ether oxygens (including phenoxy) is 9. The zero-order chi connectivity index (χ0) is 91.8. The second-order valence-corrected chi connectivity index (χ2v) is 35.6. The van der Waals surface area contributed by atoms with Crippen LogP contribution in [0.1, 0.15) is 195 Å². The van der Waals surface area contributed by atoms with Crippen LogP contribution in [0.4, 0.5) is 17.1 Å². The quantitative estimate of drug-likeness (QED) is 0.00384. The third-order valence-corrected chi connectivity index (χ3v) is 26.0. The molecule has 5 unspecified atom stereocenters. The highest BCUT2D eigenvalue weighted by molar-refractivity contribution is 7.80. The monoisotopic (exact) mass is 1810 g/mol. The predicted molar refractivity (Wildman–Crippen MR) is 496 cm³/mol. The van der Waals surface area contributed by atoms with Gasteiger partial charge in [0.15, 0.2) is 0 Å². The van der Waals surface area contributed by atoms with Crippen molar-refractivity contribution in [1.82, 2.24) is 42.2 Å². The molecule has 2 fully saturated rings. The van der Waals surface area contributed by atoms with Crippen molar-refractivity contribution in [3.05, 3.63) is 135 Å². The minimum Gasteiger partial charge on any atom is -0.399 e. The lowest BCUT2D eigenvalue weighted by atomic mass is 9.54. The fourth-order valence-corrected chi connectivity index (χ4v) is 18.9. The van der Waals surface area contributed by atoms with Crippen LogP contribution in [0.5, 0.6) is 0 Å². The first-order valence-corrected chi connectivity index (χ1v) is 47.3. The van der Waals surface area contributed by atoms with Crippen LogP contribution < -0.4 is 64.7 Å². The highest BCUT2D eigenvalue weighted by Gasteiger charge is 2.53. The molecule has 31 nitrogen and oxygen atoms in total. The van der Waals surface area contributed by atoms with Crippen molar-refractivity contribution in [2.24, 2.45) is 40.7 Å². The summed E-state index contributed by atoms with van der Waals surface area (Å²) in [5.74, 6) is 9.79. The van der Waals surface area contributed by atoms with E-state index in [1.165, 1.54) is 11.1 Å². The number of nitrogen functional groups attached to an aromatic ring is 1. The average molecular weight is 1810 g/mol. The number of aryl methyl sites for hydroxylation is 2. The maximum absolute atomic E-state index is 14.6. The summed E-state index contributed by atoms with van der Waals surface area (Å²) in [6, 6.07) is 25.0. The van der Waals surface area contributed by atoms with Gasteiger partial charge in [-0.15, -0.1) is 0 Å². The first kappa shape index (κ1) is 102. The van der Waals surface area contributed by atoms with Crippen LogP contribution in [0.2, 0.25) is 0 Å². The van der Waals surface area contributed by atoms with E-state index in [9.17, 15) is 43.2 Å². The molecule has 0 saturated heterocycles. The molecule has 1 heterocycles. The Balaban J connectivity index is 0.644. The van der Waals surface area contributed by atoms with Crippen LogP contribution in [-0.2, 0) is 111 Å². The molecule has 129 heavy (non-hydrogen) atoms. The molecule has 0 spiro atoms. The molecule has 1 aliphatic heterocycles. The topological polar surface area (TPSA) is 417 Å². The van der Waals surface area contributed by atoms with Gasteiger partial charge < -0.3 is 101 Å². The Hall–Kier alpha value is -9.08. The predicted octanol–water partition coefficient (Wildman–Crippen LogP) is 7.62. The number of benzene rings is 4. The zero-order valence-corrected chi connectivity index (χ0v) is 77.0. The van der Waals surface area contributed by atoms with Crippen molar-refractivity contribution in [2.45, 2.75) is 199 Å². The number of rotatable bonds is 54. The van der Waals surface area contributed by atoms with E-state index in [-0.39, 0.29) is 145 Å². The molecule has 9 atom stereocenters. The van der Waals surface area contributed by atoms with Crippen LogP contribution in [0.15, 0.2) is 96.3 Å². The molecule has 0 radical (unpaired) electrons. The van der Waals surface area contributed by atoms with Gasteiger partial charge in [-0.1, -0.05) is 108 Å². The number of nitrogens with zero attached hydrogens (tertiary/aromatic N) is 2. The van der Waals surface area contributed by atoms with E-state index < -0.39 is 65.1 Å². The minimum absolute atomic E-state index is 0.00980. The van der Waals surface area contributed by atoms with E-state index in [4.69, 9.17) is 59.9 Å². The first-order chi connectivity index (χ1) is 62.5. The number of hydrogen-bond donors (Lipinski definition) is 12. The molecule has 10 rings (SSSR count). The van der Waals surface area contributed by atoms with Crippen LogP contribution in [0.25, 0.3) is 0 Å². The number of hydrazine groups is 1. The molecule has 0 bridgehead atoms. The third kappa shape index (κ3) is 31.6. The van der Waals surface area contributed by atoms with Crippen LogP contribution in [0, 0.1) is 40.9 Å². The summed E-state index contributed by atoms with van der Waals surface area (Å²) in [6.45, 7) is 15.3.